The molecule has 0 amide bonds. The zero-order valence-electron chi connectivity index (χ0n) is 8.63. The Bertz CT molecular complexity index is 506. The molecule has 0 spiro atoms. The molecule has 1 aliphatic rings. The minimum Gasteiger partial charge on any atom is -0.508 e. The fourth-order valence-electron chi connectivity index (χ4n) is 1.74. The lowest BCUT2D eigenvalue weighted by Crippen LogP contribution is -1.99. The highest BCUT2D eigenvalue weighted by Crippen LogP contribution is 2.43. The highest BCUT2D eigenvalue weighted by Gasteiger charge is 2.36. The number of phenols is 1. The van der Waals surface area contributed by atoms with Gasteiger partial charge in [-0.25, -0.2) is 4.98 Å². The van der Waals surface area contributed by atoms with Gasteiger partial charge in [0, 0.05) is 28.6 Å². The highest BCUT2D eigenvalue weighted by molar-refractivity contribution is 7.15. The number of nitrogens with zero attached hydrogens (tertiary/aromatic N) is 1. The van der Waals surface area contributed by atoms with Gasteiger partial charge in [0.2, 0.25) is 0 Å². The van der Waals surface area contributed by atoms with Crippen LogP contribution in [0.3, 0.4) is 0 Å². The zero-order chi connectivity index (χ0) is 11.1. The van der Waals surface area contributed by atoms with Gasteiger partial charge in [0.15, 0.2) is 0 Å². The molecule has 0 saturated heterocycles. The van der Waals surface area contributed by atoms with Gasteiger partial charge in [-0.1, -0.05) is 0 Å². The lowest BCUT2D eigenvalue weighted by Gasteiger charge is -1.95. The topological polar surface area (TPSA) is 59.1 Å². The molecule has 3 N–H and O–H groups in total. The van der Waals surface area contributed by atoms with Crippen LogP contribution in [0.5, 0.6) is 5.75 Å². The Balaban J connectivity index is 1.89. The fourth-order valence-corrected chi connectivity index (χ4v) is 2.85. The summed E-state index contributed by atoms with van der Waals surface area (Å²) in [5, 5.41) is 10.2. The Morgan fingerprint density at radius 3 is 2.62 bits per heavy atom. The van der Waals surface area contributed by atoms with Crippen molar-refractivity contribution in [3.63, 3.8) is 0 Å². The molecule has 4 heteroatoms. The van der Waals surface area contributed by atoms with E-state index in [1.54, 1.807) is 23.5 Å². The molecule has 2 atom stereocenters. The van der Waals surface area contributed by atoms with Crippen molar-refractivity contribution in [3.05, 3.63) is 35.3 Å². The van der Waals surface area contributed by atoms with Crippen molar-refractivity contribution in [3.8, 4) is 16.3 Å². The Hall–Kier alpha value is -1.39. The maximum Gasteiger partial charge on any atom is 0.123 e. The van der Waals surface area contributed by atoms with Crippen molar-refractivity contribution in [2.45, 2.75) is 18.4 Å². The predicted octanol–water partition coefficient (Wildman–Crippen LogP) is 2.33. The monoisotopic (exact) mass is 232 g/mol. The average Bonchev–Trinajstić information content (AvgIpc) is 2.82. The van der Waals surface area contributed by atoms with E-state index in [1.165, 1.54) is 4.88 Å². The van der Waals surface area contributed by atoms with E-state index in [0.717, 1.165) is 17.0 Å². The van der Waals surface area contributed by atoms with Crippen molar-refractivity contribution in [1.82, 2.24) is 4.98 Å². The third-order valence-corrected chi connectivity index (χ3v) is 4.02. The summed E-state index contributed by atoms with van der Waals surface area (Å²) < 4.78 is 0. The normalized spacial score (nSPS) is 23.3. The van der Waals surface area contributed by atoms with Crippen LogP contribution in [0.1, 0.15) is 17.2 Å². The van der Waals surface area contributed by atoms with Crippen LogP contribution in [-0.4, -0.2) is 16.1 Å². The third kappa shape index (κ3) is 1.70. The summed E-state index contributed by atoms with van der Waals surface area (Å²) in [6.45, 7) is 0. The average molecular weight is 232 g/mol. The van der Waals surface area contributed by atoms with Crippen molar-refractivity contribution in [2.24, 2.45) is 5.73 Å². The van der Waals surface area contributed by atoms with Gasteiger partial charge in [0.25, 0.3) is 0 Å². The number of hydrogen-bond acceptors (Lipinski definition) is 4. The van der Waals surface area contributed by atoms with Gasteiger partial charge in [0.05, 0.1) is 0 Å². The first-order valence-electron chi connectivity index (χ1n) is 5.25. The summed E-state index contributed by atoms with van der Waals surface area (Å²) in [6.07, 6.45) is 3.00. The second kappa shape index (κ2) is 3.57. The highest BCUT2D eigenvalue weighted by atomic mass is 32.1. The van der Waals surface area contributed by atoms with Crippen LogP contribution in [0, 0.1) is 0 Å². The van der Waals surface area contributed by atoms with Crippen LogP contribution in [0.25, 0.3) is 10.6 Å². The zero-order valence-corrected chi connectivity index (χ0v) is 9.45. The summed E-state index contributed by atoms with van der Waals surface area (Å²) >= 11 is 1.69. The van der Waals surface area contributed by atoms with E-state index in [1.807, 2.05) is 18.3 Å². The molecule has 1 fully saturated rings. The maximum absolute atomic E-state index is 9.21. The molecule has 2 aromatic rings. The van der Waals surface area contributed by atoms with E-state index >= 15 is 0 Å². The number of aromatic nitrogens is 1. The van der Waals surface area contributed by atoms with Gasteiger partial charge in [-0.3, -0.25) is 0 Å². The summed E-state index contributed by atoms with van der Waals surface area (Å²) in [5.74, 6) is 0.799. The molecule has 0 aliphatic heterocycles. The summed E-state index contributed by atoms with van der Waals surface area (Å²) in [5.41, 5.74) is 6.86. The fraction of sp³-hybridized carbons (Fsp3) is 0.250. The number of phenolic OH excluding ortho intramolecular Hbond substituents is 1. The summed E-state index contributed by atoms with van der Waals surface area (Å²) in [4.78, 5) is 5.67. The molecule has 82 valence electrons. The molecule has 1 aliphatic carbocycles. The van der Waals surface area contributed by atoms with E-state index in [9.17, 15) is 5.11 Å². The minimum atomic E-state index is 0.282. The first kappa shape index (κ1) is 9.81. The standard InChI is InChI=1S/C12H12N2OS/c13-10-5-9(10)11-6-14-12(16-11)7-1-3-8(15)4-2-7/h1-4,6,9-10,15H,5,13H2/t9-,10+/m0/s1. The number of rotatable bonds is 2. The number of nitrogens with two attached hydrogens (primary N) is 1. The van der Waals surface area contributed by atoms with Crippen molar-refractivity contribution < 1.29 is 5.11 Å². The van der Waals surface area contributed by atoms with Crippen molar-refractivity contribution in [2.75, 3.05) is 0 Å². The largest absolute Gasteiger partial charge is 0.508 e. The van der Waals surface area contributed by atoms with Crippen LogP contribution in [-0.2, 0) is 0 Å². The molecule has 0 radical (unpaired) electrons. The molecule has 1 aromatic carbocycles. The summed E-state index contributed by atoms with van der Waals surface area (Å²) in [7, 11) is 0. The molecule has 0 bridgehead atoms. The molecule has 3 nitrogen and oxygen atoms in total. The molecule has 0 unspecified atom stereocenters. The second-order valence-corrected chi connectivity index (χ2v) is 5.18. The molecule has 1 heterocycles. The Morgan fingerprint density at radius 2 is 2.00 bits per heavy atom. The lowest BCUT2D eigenvalue weighted by atomic mass is 10.2. The Labute approximate surface area is 97.6 Å². The van der Waals surface area contributed by atoms with Gasteiger partial charge in [0.1, 0.15) is 10.8 Å². The molecule has 1 saturated carbocycles. The SMILES string of the molecule is N[C@@H]1C[C@@H]1c1cnc(-c2ccc(O)cc2)s1. The smallest absolute Gasteiger partial charge is 0.123 e. The van der Waals surface area contributed by atoms with E-state index in [2.05, 4.69) is 4.98 Å². The van der Waals surface area contributed by atoms with Crippen molar-refractivity contribution in [1.29, 1.82) is 0 Å². The number of aromatic hydroxyl groups is 1. The molecular formula is C12H12N2OS. The predicted molar refractivity (Wildman–Crippen MR) is 64.5 cm³/mol. The number of benzene rings is 1. The molecular weight excluding hydrogens is 220 g/mol. The number of thiazole rings is 1. The quantitative estimate of drug-likeness (QED) is 0.835. The van der Waals surface area contributed by atoms with Gasteiger partial charge < -0.3 is 10.8 Å². The van der Waals surface area contributed by atoms with Crippen LogP contribution in [0.15, 0.2) is 30.5 Å². The Kier molecular flexibility index (Phi) is 2.19. The van der Waals surface area contributed by atoms with Crippen LogP contribution in [0.4, 0.5) is 0 Å². The van der Waals surface area contributed by atoms with E-state index < -0.39 is 0 Å². The van der Waals surface area contributed by atoms with Gasteiger partial charge in [-0.15, -0.1) is 11.3 Å². The van der Waals surface area contributed by atoms with Crippen LogP contribution < -0.4 is 5.73 Å². The Morgan fingerprint density at radius 1 is 1.31 bits per heavy atom. The van der Waals surface area contributed by atoms with Gasteiger partial charge in [-0.2, -0.15) is 0 Å². The second-order valence-electron chi connectivity index (χ2n) is 4.12. The third-order valence-electron chi connectivity index (χ3n) is 2.84. The van der Waals surface area contributed by atoms with Gasteiger partial charge in [-0.05, 0) is 30.7 Å². The van der Waals surface area contributed by atoms with Gasteiger partial charge >= 0.3 is 0 Å². The molecule has 1 aromatic heterocycles. The van der Waals surface area contributed by atoms with E-state index in [0.29, 0.717) is 12.0 Å². The lowest BCUT2D eigenvalue weighted by molar-refractivity contribution is 0.475. The van der Waals surface area contributed by atoms with Crippen LogP contribution in [0.2, 0.25) is 0 Å². The molecule has 16 heavy (non-hydrogen) atoms. The maximum atomic E-state index is 9.21. The summed E-state index contributed by atoms with van der Waals surface area (Å²) in [6, 6.07) is 7.45. The number of hydrogen-bond donors (Lipinski definition) is 2. The van der Waals surface area contributed by atoms with Crippen molar-refractivity contribution >= 4 is 11.3 Å². The minimum absolute atomic E-state index is 0.282. The van der Waals surface area contributed by atoms with E-state index in [4.69, 9.17) is 5.73 Å². The molecule has 3 rings (SSSR count). The van der Waals surface area contributed by atoms with E-state index in [-0.39, 0.29) is 5.75 Å². The first-order chi connectivity index (χ1) is 7.74. The first-order valence-corrected chi connectivity index (χ1v) is 6.06. The van der Waals surface area contributed by atoms with Crippen LogP contribution >= 0.6 is 11.3 Å².